The van der Waals surface area contributed by atoms with Gasteiger partial charge < -0.3 is 15.4 Å². The molecule has 3 rings (SSSR count). The quantitative estimate of drug-likeness (QED) is 0.281. The lowest BCUT2D eigenvalue weighted by atomic mass is 10.2. The first-order chi connectivity index (χ1) is 15.9. The molecule has 3 N–H and O–H groups in total. The summed E-state index contributed by atoms with van der Waals surface area (Å²) in [6.07, 6.45) is 1.38. The Balaban J connectivity index is 1.44. The van der Waals surface area contributed by atoms with Gasteiger partial charge in [0.05, 0.1) is 16.9 Å². The molecular weight excluding hydrogens is 444 g/mol. The SMILES string of the molecule is Cc1cccc(NC(=O)C(=O)N/N=C\c2ccc(OCC(=O)Nc3ccccc3Cl)cc2)c1. The van der Waals surface area contributed by atoms with E-state index in [0.29, 0.717) is 27.7 Å². The lowest BCUT2D eigenvalue weighted by Crippen LogP contribution is -2.32. The predicted octanol–water partition coefficient (Wildman–Crippen LogP) is 3.75. The molecule has 0 radical (unpaired) electrons. The molecule has 8 nitrogen and oxygen atoms in total. The third-order valence-electron chi connectivity index (χ3n) is 4.26. The molecule has 0 aliphatic heterocycles. The van der Waals surface area contributed by atoms with Crippen LogP contribution in [0.2, 0.25) is 5.02 Å². The van der Waals surface area contributed by atoms with Gasteiger partial charge in [-0.15, -0.1) is 0 Å². The van der Waals surface area contributed by atoms with Crippen LogP contribution in [-0.2, 0) is 14.4 Å². The molecule has 0 fully saturated rings. The highest BCUT2D eigenvalue weighted by Crippen LogP contribution is 2.20. The van der Waals surface area contributed by atoms with E-state index in [1.54, 1.807) is 66.7 Å². The van der Waals surface area contributed by atoms with E-state index in [-0.39, 0.29) is 12.5 Å². The molecule has 33 heavy (non-hydrogen) atoms. The van der Waals surface area contributed by atoms with E-state index in [2.05, 4.69) is 21.2 Å². The Morgan fingerprint density at radius 1 is 0.939 bits per heavy atom. The normalized spacial score (nSPS) is 10.5. The van der Waals surface area contributed by atoms with E-state index >= 15 is 0 Å². The van der Waals surface area contributed by atoms with Gasteiger partial charge in [-0.3, -0.25) is 14.4 Å². The highest BCUT2D eigenvalue weighted by molar-refractivity contribution is 6.39. The number of halogens is 1. The minimum atomic E-state index is -0.891. The first-order valence-corrected chi connectivity index (χ1v) is 10.3. The molecule has 0 bridgehead atoms. The van der Waals surface area contributed by atoms with Crippen LogP contribution >= 0.6 is 11.6 Å². The van der Waals surface area contributed by atoms with Crippen LogP contribution in [0.3, 0.4) is 0 Å². The van der Waals surface area contributed by atoms with Crippen molar-refractivity contribution in [3.05, 3.63) is 88.9 Å². The Morgan fingerprint density at radius 2 is 1.70 bits per heavy atom. The number of aryl methyl sites for hydroxylation is 1. The number of rotatable bonds is 7. The number of carbonyl (C=O) groups excluding carboxylic acids is 3. The fraction of sp³-hybridized carbons (Fsp3) is 0.0833. The van der Waals surface area contributed by atoms with Crippen molar-refractivity contribution >= 4 is 46.9 Å². The van der Waals surface area contributed by atoms with Crippen molar-refractivity contribution in [2.24, 2.45) is 5.10 Å². The second kappa shape index (κ2) is 11.4. The number of ether oxygens (including phenoxy) is 1. The van der Waals surface area contributed by atoms with Gasteiger partial charge in [-0.25, -0.2) is 5.43 Å². The fourth-order valence-corrected chi connectivity index (χ4v) is 2.86. The molecule has 0 spiro atoms. The van der Waals surface area contributed by atoms with Crippen LogP contribution in [0.25, 0.3) is 0 Å². The van der Waals surface area contributed by atoms with Crippen molar-refractivity contribution in [2.45, 2.75) is 6.92 Å². The summed E-state index contributed by atoms with van der Waals surface area (Å²) < 4.78 is 5.45. The average molecular weight is 465 g/mol. The lowest BCUT2D eigenvalue weighted by Gasteiger charge is -2.08. The number of anilines is 2. The van der Waals surface area contributed by atoms with Crippen LogP contribution in [0.15, 0.2) is 77.9 Å². The smallest absolute Gasteiger partial charge is 0.329 e. The van der Waals surface area contributed by atoms with Gasteiger partial charge >= 0.3 is 11.8 Å². The molecule has 0 aliphatic rings. The zero-order chi connectivity index (χ0) is 23.6. The van der Waals surface area contributed by atoms with Crippen LogP contribution in [0.5, 0.6) is 5.75 Å². The summed E-state index contributed by atoms with van der Waals surface area (Å²) >= 11 is 6.01. The standard InChI is InChI=1S/C24H21ClN4O4/c1-16-5-4-6-18(13-16)27-23(31)24(32)29-26-14-17-9-11-19(12-10-17)33-15-22(30)28-21-8-3-2-7-20(21)25/h2-14H,15H2,1H3,(H,27,31)(H,28,30)(H,29,32)/b26-14-. The molecule has 168 valence electrons. The molecule has 0 unspecified atom stereocenters. The Morgan fingerprint density at radius 3 is 2.42 bits per heavy atom. The molecular formula is C24H21ClN4O4. The number of amides is 3. The van der Waals surface area contributed by atoms with Crippen LogP contribution in [0, 0.1) is 6.92 Å². The Bertz CT molecular complexity index is 1180. The molecule has 0 saturated heterocycles. The molecule has 3 aromatic rings. The molecule has 0 saturated carbocycles. The molecule has 0 aliphatic carbocycles. The summed E-state index contributed by atoms with van der Waals surface area (Å²) in [6.45, 7) is 1.69. The molecule has 0 atom stereocenters. The van der Waals surface area contributed by atoms with Gasteiger partial charge in [-0.05, 0) is 66.6 Å². The van der Waals surface area contributed by atoms with Crippen molar-refractivity contribution in [3.8, 4) is 5.75 Å². The van der Waals surface area contributed by atoms with Crippen LogP contribution in [0.1, 0.15) is 11.1 Å². The summed E-state index contributed by atoms with van der Waals surface area (Å²) in [5, 5.41) is 9.38. The van der Waals surface area contributed by atoms with Crippen molar-refractivity contribution in [3.63, 3.8) is 0 Å². The predicted molar refractivity (Wildman–Crippen MR) is 128 cm³/mol. The fourth-order valence-electron chi connectivity index (χ4n) is 2.67. The molecule has 9 heteroatoms. The maximum absolute atomic E-state index is 12.0. The number of hydrazone groups is 1. The molecule has 0 aromatic heterocycles. The maximum atomic E-state index is 12.0. The summed E-state index contributed by atoms with van der Waals surface area (Å²) in [6, 6.07) is 20.7. The second-order valence-corrected chi connectivity index (χ2v) is 7.32. The van der Waals surface area contributed by atoms with Crippen molar-refractivity contribution < 1.29 is 19.1 Å². The summed E-state index contributed by atoms with van der Waals surface area (Å²) in [5.41, 5.74) is 4.82. The van der Waals surface area contributed by atoms with Crippen molar-refractivity contribution in [1.82, 2.24) is 5.43 Å². The molecule has 3 amide bonds. The minimum Gasteiger partial charge on any atom is -0.484 e. The third kappa shape index (κ3) is 7.48. The second-order valence-electron chi connectivity index (χ2n) is 6.91. The largest absolute Gasteiger partial charge is 0.484 e. The summed E-state index contributed by atoms with van der Waals surface area (Å²) in [7, 11) is 0. The first-order valence-electron chi connectivity index (χ1n) is 9.89. The van der Waals surface area contributed by atoms with Gasteiger partial charge in [0.15, 0.2) is 6.61 Å². The summed E-state index contributed by atoms with van der Waals surface area (Å²) in [5.74, 6) is -1.59. The van der Waals surface area contributed by atoms with E-state index in [1.807, 2.05) is 13.0 Å². The topological polar surface area (TPSA) is 109 Å². The number of nitrogens with zero attached hydrogens (tertiary/aromatic N) is 1. The molecule has 3 aromatic carbocycles. The van der Waals surface area contributed by atoms with Crippen LogP contribution in [-0.4, -0.2) is 30.5 Å². The van der Waals surface area contributed by atoms with E-state index in [1.165, 1.54) is 6.21 Å². The highest BCUT2D eigenvalue weighted by Gasteiger charge is 2.12. The number of hydrogen-bond acceptors (Lipinski definition) is 5. The van der Waals surface area contributed by atoms with E-state index in [4.69, 9.17) is 16.3 Å². The van der Waals surface area contributed by atoms with Gasteiger partial charge in [-0.2, -0.15) is 5.10 Å². The van der Waals surface area contributed by atoms with Crippen LogP contribution in [0.4, 0.5) is 11.4 Å². The highest BCUT2D eigenvalue weighted by atomic mass is 35.5. The third-order valence-corrected chi connectivity index (χ3v) is 4.59. The number of hydrogen-bond donors (Lipinski definition) is 3. The van der Waals surface area contributed by atoms with Crippen LogP contribution < -0.4 is 20.8 Å². The van der Waals surface area contributed by atoms with E-state index in [0.717, 1.165) is 5.56 Å². The Kier molecular flexibility index (Phi) is 8.15. The van der Waals surface area contributed by atoms with E-state index in [9.17, 15) is 14.4 Å². The number of nitrogens with one attached hydrogen (secondary N) is 3. The number of para-hydroxylation sites is 1. The summed E-state index contributed by atoms with van der Waals surface area (Å²) in [4.78, 5) is 35.8. The van der Waals surface area contributed by atoms with Gasteiger partial charge in [0.2, 0.25) is 0 Å². The number of benzene rings is 3. The van der Waals surface area contributed by atoms with Crippen molar-refractivity contribution in [2.75, 3.05) is 17.2 Å². The van der Waals surface area contributed by atoms with Gasteiger partial charge in [0.1, 0.15) is 5.75 Å². The van der Waals surface area contributed by atoms with Gasteiger partial charge in [-0.1, -0.05) is 35.9 Å². The van der Waals surface area contributed by atoms with Gasteiger partial charge in [0.25, 0.3) is 5.91 Å². The monoisotopic (exact) mass is 464 g/mol. The number of carbonyl (C=O) groups is 3. The maximum Gasteiger partial charge on any atom is 0.329 e. The molecule has 0 heterocycles. The van der Waals surface area contributed by atoms with E-state index < -0.39 is 11.8 Å². The zero-order valence-corrected chi connectivity index (χ0v) is 18.4. The Hall–Kier alpha value is -4.17. The van der Waals surface area contributed by atoms with Crippen molar-refractivity contribution in [1.29, 1.82) is 0 Å². The average Bonchev–Trinajstić information content (AvgIpc) is 2.80. The Labute approximate surface area is 195 Å². The first kappa shape index (κ1) is 23.5. The van der Waals surface area contributed by atoms with Gasteiger partial charge in [0, 0.05) is 5.69 Å². The minimum absolute atomic E-state index is 0.190. The zero-order valence-electron chi connectivity index (χ0n) is 17.7. The lowest BCUT2D eigenvalue weighted by molar-refractivity contribution is -0.136.